The van der Waals surface area contributed by atoms with E-state index in [1.807, 2.05) is 41.0 Å². The average Bonchev–Trinajstić information content (AvgIpc) is 3.08. The number of nitrogens with one attached hydrogen (secondary N) is 1. The lowest BCUT2D eigenvalue weighted by Crippen LogP contribution is -2.42. The number of hydrogen-bond acceptors (Lipinski definition) is 4. The second-order valence-electron chi connectivity index (χ2n) is 8.09. The maximum absolute atomic E-state index is 12.7. The molecule has 1 N–H and O–H groups in total. The molecule has 1 unspecified atom stereocenters. The van der Waals surface area contributed by atoms with E-state index in [9.17, 15) is 14.4 Å². The summed E-state index contributed by atoms with van der Waals surface area (Å²) in [4.78, 5) is 40.9. The normalized spacial score (nSPS) is 20.2. The van der Waals surface area contributed by atoms with E-state index in [0.717, 1.165) is 24.0 Å². The lowest BCUT2D eigenvalue weighted by molar-refractivity contribution is -0.129. The van der Waals surface area contributed by atoms with Gasteiger partial charge in [0, 0.05) is 51.8 Å². The molecule has 3 rings (SSSR count). The minimum atomic E-state index is -0.276. The molecule has 1 aromatic rings. The van der Waals surface area contributed by atoms with Gasteiger partial charge in [-0.1, -0.05) is 17.7 Å². The smallest absolute Gasteiger partial charge is 0.253 e. The van der Waals surface area contributed by atoms with Crippen LogP contribution >= 0.6 is 0 Å². The highest BCUT2D eigenvalue weighted by Crippen LogP contribution is 2.24. The van der Waals surface area contributed by atoms with Crippen LogP contribution in [0.1, 0.15) is 35.2 Å². The summed E-state index contributed by atoms with van der Waals surface area (Å²) in [5.74, 6) is 0.155. The van der Waals surface area contributed by atoms with Crippen LogP contribution in [0.25, 0.3) is 0 Å². The van der Waals surface area contributed by atoms with Crippen molar-refractivity contribution in [2.24, 2.45) is 11.8 Å². The van der Waals surface area contributed by atoms with Gasteiger partial charge in [-0.15, -0.1) is 0 Å². The molecular formula is C22H31N3O4. The summed E-state index contributed by atoms with van der Waals surface area (Å²) in [6, 6.07) is 7.69. The van der Waals surface area contributed by atoms with Crippen molar-refractivity contribution in [2.45, 2.75) is 26.2 Å². The van der Waals surface area contributed by atoms with Crippen LogP contribution in [0.2, 0.25) is 0 Å². The summed E-state index contributed by atoms with van der Waals surface area (Å²) in [5, 5.41) is 2.82. The van der Waals surface area contributed by atoms with E-state index < -0.39 is 0 Å². The van der Waals surface area contributed by atoms with Crippen LogP contribution in [0, 0.1) is 18.8 Å². The minimum absolute atomic E-state index is 0.0511. The molecule has 2 saturated heterocycles. The van der Waals surface area contributed by atoms with Crippen molar-refractivity contribution in [3.63, 3.8) is 0 Å². The largest absolute Gasteiger partial charge is 0.383 e. The van der Waals surface area contributed by atoms with Crippen molar-refractivity contribution in [3.05, 3.63) is 35.4 Å². The van der Waals surface area contributed by atoms with Crippen LogP contribution in [-0.2, 0) is 14.3 Å². The van der Waals surface area contributed by atoms with Crippen molar-refractivity contribution in [1.82, 2.24) is 15.1 Å². The molecule has 2 aliphatic rings. The molecule has 2 aliphatic heterocycles. The predicted octanol–water partition coefficient (Wildman–Crippen LogP) is 1.46. The summed E-state index contributed by atoms with van der Waals surface area (Å²) in [6.07, 6.45) is 2.04. The number of ether oxygens (including phenoxy) is 1. The van der Waals surface area contributed by atoms with Gasteiger partial charge in [0.05, 0.1) is 12.5 Å². The number of rotatable bonds is 7. The zero-order valence-electron chi connectivity index (χ0n) is 17.4. The summed E-state index contributed by atoms with van der Waals surface area (Å²) < 4.78 is 4.94. The number of amides is 3. The zero-order valence-corrected chi connectivity index (χ0v) is 17.4. The fourth-order valence-corrected chi connectivity index (χ4v) is 4.14. The van der Waals surface area contributed by atoms with Gasteiger partial charge in [0.25, 0.3) is 5.91 Å². The number of benzene rings is 1. The Balaban J connectivity index is 1.45. The van der Waals surface area contributed by atoms with Gasteiger partial charge in [0.2, 0.25) is 11.8 Å². The van der Waals surface area contributed by atoms with E-state index in [1.54, 1.807) is 7.11 Å². The van der Waals surface area contributed by atoms with Crippen molar-refractivity contribution in [2.75, 3.05) is 46.4 Å². The summed E-state index contributed by atoms with van der Waals surface area (Å²) >= 11 is 0. The predicted molar refractivity (Wildman–Crippen MR) is 109 cm³/mol. The number of methoxy groups -OCH3 is 1. The lowest BCUT2D eigenvalue weighted by Gasteiger charge is -2.34. The molecule has 3 amide bonds. The molecular weight excluding hydrogens is 370 g/mol. The third kappa shape index (κ3) is 5.56. The molecule has 1 aromatic carbocycles. The Kier molecular flexibility index (Phi) is 7.25. The quantitative estimate of drug-likeness (QED) is 0.702. The van der Waals surface area contributed by atoms with Crippen LogP contribution in [-0.4, -0.2) is 74.0 Å². The standard InChI is InChI=1S/C22H31N3O4/c1-16-4-3-5-18(12-16)22(28)24-9-6-17(7-10-24)14-25-15-19(13-20(25)26)21(27)23-8-11-29-2/h3-5,12,17,19H,6-11,13-15H2,1-2H3,(H,23,27). The number of carbonyl (C=O) groups is 3. The first-order valence-corrected chi connectivity index (χ1v) is 10.4. The van der Waals surface area contributed by atoms with Crippen LogP contribution in [0.15, 0.2) is 24.3 Å². The first-order chi connectivity index (χ1) is 14.0. The van der Waals surface area contributed by atoms with Gasteiger partial charge >= 0.3 is 0 Å². The number of nitrogens with zero attached hydrogens (tertiary/aromatic N) is 2. The maximum atomic E-state index is 12.7. The molecule has 29 heavy (non-hydrogen) atoms. The molecule has 0 aromatic heterocycles. The number of hydrogen-bond donors (Lipinski definition) is 1. The Morgan fingerprint density at radius 1 is 1.24 bits per heavy atom. The fourth-order valence-electron chi connectivity index (χ4n) is 4.14. The Hall–Kier alpha value is -2.41. The number of carbonyl (C=O) groups excluding carboxylic acids is 3. The van der Waals surface area contributed by atoms with Crippen LogP contribution in [0.5, 0.6) is 0 Å². The number of likely N-dealkylation sites (tertiary alicyclic amines) is 2. The van der Waals surface area contributed by atoms with E-state index in [2.05, 4.69) is 5.32 Å². The van der Waals surface area contributed by atoms with E-state index in [0.29, 0.717) is 45.2 Å². The third-order valence-corrected chi connectivity index (χ3v) is 5.84. The van der Waals surface area contributed by atoms with Crippen molar-refractivity contribution < 1.29 is 19.1 Å². The maximum Gasteiger partial charge on any atom is 0.253 e. The molecule has 0 aliphatic carbocycles. The Morgan fingerprint density at radius 2 is 2.00 bits per heavy atom. The van der Waals surface area contributed by atoms with Gasteiger partial charge in [-0.2, -0.15) is 0 Å². The highest BCUT2D eigenvalue weighted by molar-refractivity contribution is 5.94. The second-order valence-corrected chi connectivity index (χ2v) is 8.09. The van der Waals surface area contributed by atoms with Crippen molar-refractivity contribution >= 4 is 17.7 Å². The van der Waals surface area contributed by atoms with Crippen molar-refractivity contribution in [1.29, 1.82) is 0 Å². The third-order valence-electron chi connectivity index (χ3n) is 5.84. The Labute approximate surface area is 172 Å². The number of piperidine rings is 1. The SMILES string of the molecule is COCCNC(=O)C1CC(=O)N(CC2CCN(C(=O)c3cccc(C)c3)CC2)C1. The molecule has 2 heterocycles. The van der Waals surface area contributed by atoms with Gasteiger partial charge in [-0.25, -0.2) is 0 Å². The van der Waals surface area contributed by atoms with E-state index in [4.69, 9.17) is 4.74 Å². The molecule has 158 valence electrons. The van der Waals surface area contributed by atoms with Crippen LogP contribution in [0.4, 0.5) is 0 Å². The summed E-state index contributed by atoms with van der Waals surface area (Å²) in [6.45, 7) is 5.50. The van der Waals surface area contributed by atoms with E-state index >= 15 is 0 Å². The van der Waals surface area contributed by atoms with Gasteiger partial charge in [-0.05, 0) is 37.8 Å². The zero-order chi connectivity index (χ0) is 20.8. The van der Waals surface area contributed by atoms with Gasteiger partial charge < -0.3 is 19.9 Å². The lowest BCUT2D eigenvalue weighted by atomic mass is 9.95. The molecule has 0 saturated carbocycles. The topological polar surface area (TPSA) is 79.0 Å². The van der Waals surface area contributed by atoms with E-state index in [1.165, 1.54) is 0 Å². The van der Waals surface area contributed by atoms with E-state index in [-0.39, 0.29) is 30.1 Å². The van der Waals surface area contributed by atoms with Crippen LogP contribution in [0.3, 0.4) is 0 Å². The Morgan fingerprint density at radius 3 is 2.69 bits per heavy atom. The summed E-state index contributed by atoms with van der Waals surface area (Å²) in [7, 11) is 1.59. The molecule has 7 nitrogen and oxygen atoms in total. The van der Waals surface area contributed by atoms with Crippen LogP contribution < -0.4 is 5.32 Å². The highest BCUT2D eigenvalue weighted by atomic mass is 16.5. The number of aryl methyl sites for hydroxylation is 1. The first-order valence-electron chi connectivity index (χ1n) is 10.4. The first kappa shape index (κ1) is 21.3. The van der Waals surface area contributed by atoms with Crippen molar-refractivity contribution in [3.8, 4) is 0 Å². The van der Waals surface area contributed by atoms with Gasteiger partial charge in [0.15, 0.2) is 0 Å². The fraction of sp³-hybridized carbons (Fsp3) is 0.591. The van der Waals surface area contributed by atoms with Gasteiger partial charge in [-0.3, -0.25) is 14.4 Å². The highest BCUT2D eigenvalue weighted by Gasteiger charge is 2.36. The monoisotopic (exact) mass is 401 g/mol. The summed E-state index contributed by atoms with van der Waals surface area (Å²) in [5.41, 5.74) is 1.82. The molecule has 0 radical (unpaired) electrons. The minimum Gasteiger partial charge on any atom is -0.383 e. The molecule has 7 heteroatoms. The average molecular weight is 402 g/mol. The molecule has 1 atom stereocenters. The molecule has 0 spiro atoms. The second kappa shape index (κ2) is 9.87. The molecule has 2 fully saturated rings. The molecule has 0 bridgehead atoms. The Bertz CT molecular complexity index is 743. The van der Waals surface area contributed by atoms with Gasteiger partial charge in [0.1, 0.15) is 0 Å².